The molecule has 0 unspecified atom stereocenters. The van der Waals surface area contributed by atoms with Gasteiger partial charge in [-0.05, 0) is 48.3 Å². The topological polar surface area (TPSA) is 80.8 Å². The molecule has 2 bridgehead atoms. The van der Waals surface area contributed by atoms with Crippen molar-refractivity contribution in [3.05, 3.63) is 29.8 Å². The van der Waals surface area contributed by atoms with E-state index in [1.54, 1.807) is 31.1 Å². The molecule has 0 amide bonds. The van der Waals surface area contributed by atoms with E-state index in [-0.39, 0.29) is 39.7 Å². The van der Waals surface area contributed by atoms with Gasteiger partial charge in [0, 0.05) is 18.0 Å². The van der Waals surface area contributed by atoms with Crippen molar-refractivity contribution in [1.82, 2.24) is 4.31 Å². The lowest BCUT2D eigenvalue weighted by Crippen LogP contribution is -2.37. The van der Waals surface area contributed by atoms with E-state index in [2.05, 4.69) is 20.8 Å². The molecule has 2 aliphatic rings. The number of hydrogen-bond donors (Lipinski definition) is 0. The molecule has 6 nitrogen and oxygen atoms in total. The summed E-state index contributed by atoms with van der Waals surface area (Å²) in [6.07, 6.45) is 2.70. The molecule has 3 rings (SSSR count). The van der Waals surface area contributed by atoms with Crippen LogP contribution in [-0.2, 0) is 19.6 Å². The molecule has 1 saturated carbocycles. The Bertz CT molecular complexity index is 960. The Morgan fingerprint density at radius 3 is 2.47 bits per heavy atom. The highest BCUT2D eigenvalue weighted by Crippen LogP contribution is 2.53. The second-order valence-corrected chi connectivity index (χ2v) is 12.9. The summed E-state index contributed by atoms with van der Waals surface area (Å²) in [5.41, 5.74) is -0.397. The molecule has 0 radical (unpaired) electrons. The highest BCUT2D eigenvalue weighted by atomic mass is 32.2. The monoisotopic (exact) mass is 435 g/mol. The van der Waals surface area contributed by atoms with E-state index < -0.39 is 21.4 Å². The van der Waals surface area contributed by atoms with Gasteiger partial charge in [0.1, 0.15) is 0 Å². The minimum atomic E-state index is -3.73. The zero-order valence-electron chi connectivity index (χ0n) is 18.8. The Morgan fingerprint density at radius 2 is 1.83 bits per heavy atom. The summed E-state index contributed by atoms with van der Waals surface area (Å²) in [4.78, 5) is 24.5. The number of hydrogen-bond acceptors (Lipinski definition) is 5. The zero-order chi connectivity index (χ0) is 22.5. The molecule has 2 atom stereocenters. The van der Waals surface area contributed by atoms with Gasteiger partial charge in [-0.2, -0.15) is 4.31 Å². The van der Waals surface area contributed by atoms with Crippen LogP contribution in [-0.4, -0.2) is 43.7 Å². The maximum Gasteiger partial charge on any atom is 0.338 e. The largest absolute Gasteiger partial charge is 0.454 e. The molecule has 1 aliphatic heterocycles. The van der Waals surface area contributed by atoms with E-state index in [4.69, 9.17) is 4.74 Å². The summed E-state index contributed by atoms with van der Waals surface area (Å²) >= 11 is 0. The average molecular weight is 436 g/mol. The highest BCUT2D eigenvalue weighted by Gasteiger charge is 2.53. The summed E-state index contributed by atoms with van der Waals surface area (Å²) in [7, 11) is -3.73. The number of rotatable bonds is 5. The molecule has 166 valence electrons. The SMILES string of the molecule is CC1(C)C[C@@H]2C[C@@](C)(CN2S(=O)(=O)c2cccc(C(=O)OCC(=O)C(C)(C)C)c2)C1. The molecule has 1 aromatic rings. The highest BCUT2D eigenvalue weighted by molar-refractivity contribution is 7.89. The second kappa shape index (κ2) is 7.45. The van der Waals surface area contributed by atoms with Gasteiger partial charge >= 0.3 is 5.97 Å². The van der Waals surface area contributed by atoms with Gasteiger partial charge in [0.05, 0.1) is 10.5 Å². The van der Waals surface area contributed by atoms with Crippen molar-refractivity contribution in [1.29, 1.82) is 0 Å². The standard InChI is InChI=1S/C23H33NO5S/c1-21(2,3)19(25)13-29-20(26)16-8-7-9-18(10-16)30(27,28)24-15-23(6)12-17(24)11-22(4,5)14-23/h7-10,17H,11-15H2,1-6H3/t17-,23-/m1/s1. The van der Waals surface area contributed by atoms with E-state index in [0.29, 0.717) is 6.54 Å². The van der Waals surface area contributed by atoms with Gasteiger partial charge in [0.25, 0.3) is 0 Å². The molecule has 1 aliphatic carbocycles. The van der Waals surface area contributed by atoms with Gasteiger partial charge in [-0.3, -0.25) is 4.79 Å². The number of Topliss-reactive ketones (excluding diaryl/α,β-unsaturated/α-hetero) is 1. The minimum Gasteiger partial charge on any atom is -0.454 e. The number of benzene rings is 1. The third-order valence-electron chi connectivity index (χ3n) is 6.21. The summed E-state index contributed by atoms with van der Waals surface area (Å²) in [5, 5.41) is 0. The van der Waals surface area contributed by atoms with Crippen LogP contribution in [0.3, 0.4) is 0 Å². The quantitative estimate of drug-likeness (QED) is 0.652. The van der Waals surface area contributed by atoms with Crippen LogP contribution in [0.15, 0.2) is 29.2 Å². The number of carbonyl (C=O) groups excluding carboxylic acids is 2. The van der Waals surface area contributed by atoms with Crippen LogP contribution in [0.1, 0.15) is 71.2 Å². The van der Waals surface area contributed by atoms with Crippen molar-refractivity contribution in [2.24, 2.45) is 16.2 Å². The first-order valence-electron chi connectivity index (χ1n) is 10.5. The average Bonchev–Trinajstić information content (AvgIpc) is 2.88. The van der Waals surface area contributed by atoms with Crippen molar-refractivity contribution in [3.63, 3.8) is 0 Å². The summed E-state index contributed by atoms with van der Waals surface area (Å²) in [6, 6.07) is 5.90. The first-order chi connectivity index (χ1) is 13.6. The third-order valence-corrected chi connectivity index (χ3v) is 8.11. The number of nitrogens with zero attached hydrogens (tertiary/aromatic N) is 1. The lowest BCUT2D eigenvalue weighted by Gasteiger charge is -2.39. The summed E-state index contributed by atoms with van der Waals surface area (Å²) in [5.74, 6) is -0.891. The van der Waals surface area contributed by atoms with Crippen molar-refractivity contribution in [3.8, 4) is 0 Å². The van der Waals surface area contributed by atoms with Crippen molar-refractivity contribution >= 4 is 21.8 Å². The van der Waals surface area contributed by atoms with E-state index in [1.165, 1.54) is 18.2 Å². The predicted molar refractivity (Wildman–Crippen MR) is 115 cm³/mol. The first kappa shape index (κ1) is 22.9. The van der Waals surface area contributed by atoms with Crippen molar-refractivity contribution < 1.29 is 22.7 Å². The molecular weight excluding hydrogens is 402 g/mol. The molecule has 0 spiro atoms. The fourth-order valence-corrected chi connectivity index (χ4v) is 6.86. The van der Waals surface area contributed by atoms with Gasteiger partial charge < -0.3 is 4.74 Å². The Kier molecular flexibility index (Phi) is 5.70. The molecule has 7 heteroatoms. The fourth-order valence-electron chi connectivity index (χ4n) is 5.04. The van der Waals surface area contributed by atoms with Crippen molar-refractivity contribution in [2.45, 2.75) is 71.7 Å². The van der Waals surface area contributed by atoms with Gasteiger partial charge in [-0.1, -0.05) is 47.6 Å². The van der Waals surface area contributed by atoms with E-state index in [0.717, 1.165) is 19.3 Å². The van der Waals surface area contributed by atoms with Crippen LogP contribution < -0.4 is 0 Å². The lowest BCUT2D eigenvalue weighted by atomic mass is 9.65. The van der Waals surface area contributed by atoms with Crippen LogP contribution in [0.5, 0.6) is 0 Å². The Balaban J connectivity index is 1.80. The second-order valence-electron chi connectivity index (χ2n) is 11.0. The molecule has 30 heavy (non-hydrogen) atoms. The van der Waals surface area contributed by atoms with E-state index in [9.17, 15) is 18.0 Å². The van der Waals surface area contributed by atoms with Crippen LogP contribution in [0.25, 0.3) is 0 Å². The Hall–Kier alpha value is -1.73. The normalized spacial score (nSPS) is 26.4. The van der Waals surface area contributed by atoms with Crippen LogP contribution in [0.2, 0.25) is 0 Å². The number of fused-ring (bicyclic) bond motifs is 2. The third kappa shape index (κ3) is 4.62. The van der Waals surface area contributed by atoms with Gasteiger partial charge in [-0.15, -0.1) is 0 Å². The van der Waals surface area contributed by atoms with E-state index in [1.807, 2.05) is 0 Å². The predicted octanol–water partition coefficient (Wildman–Crippen LogP) is 4.05. The van der Waals surface area contributed by atoms with Crippen molar-refractivity contribution in [2.75, 3.05) is 13.2 Å². The lowest BCUT2D eigenvalue weighted by molar-refractivity contribution is -0.129. The van der Waals surface area contributed by atoms with Crippen LogP contribution in [0.4, 0.5) is 0 Å². The number of sulfonamides is 1. The smallest absolute Gasteiger partial charge is 0.338 e. The molecule has 1 heterocycles. The fraction of sp³-hybridized carbons (Fsp3) is 0.652. The maximum absolute atomic E-state index is 13.4. The number of ketones is 1. The Morgan fingerprint density at radius 1 is 1.17 bits per heavy atom. The number of ether oxygens (including phenoxy) is 1. The molecule has 1 saturated heterocycles. The maximum atomic E-state index is 13.4. The van der Waals surface area contributed by atoms with Gasteiger partial charge in [0.2, 0.25) is 10.0 Å². The summed E-state index contributed by atoms with van der Waals surface area (Å²) in [6.45, 7) is 12.0. The molecule has 0 aromatic heterocycles. The Labute approximate surface area is 180 Å². The minimum absolute atomic E-state index is 0.0243. The molecule has 2 fully saturated rings. The van der Waals surface area contributed by atoms with Gasteiger partial charge in [0.15, 0.2) is 12.4 Å². The molecular formula is C23H33NO5S. The zero-order valence-corrected chi connectivity index (χ0v) is 19.6. The van der Waals surface area contributed by atoms with E-state index >= 15 is 0 Å². The first-order valence-corrected chi connectivity index (χ1v) is 11.9. The van der Waals surface area contributed by atoms with Gasteiger partial charge in [-0.25, -0.2) is 13.2 Å². The number of carbonyl (C=O) groups is 2. The molecule has 0 N–H and O–H groups in total. The summed E-state index contributed by atoms with van der Waals surface area (Å²) < 4.78 is 33.6. The van der Waals surface area contributed by atoms with Crippen LogP contribution in [0, 0.1) is 16.2 Å². The van der Waals surface area contributed by atoms with Crippen LogP contribution >= 0.6 is 0 Å². The number of esters is 1. The molecule has 1 aromatic carbocycles.